The molecule has 2 atom stereocenters. The van der Waals surface area contributed by atoms with Gasteiger partial charge in [0, 0.05) is 41.7 Å². The predicted molar refractivity (Wildman–Crippen MR) is 128 cm³/mol. The Kier molecular flexibility index (Phi) is 7.89. The number of aromatic nitrogens is 1. The van der Waals surface area contributed by atoms with Gasteiger partial charge in [0.2, 0.25) is 0 Å². The molecule has 0 spiro atoms. The van der Waals surface area contributed by atoms with Crippen LogP contribution in [0.1, 0.15) is 60.4 Å². The number of rotatable bonds is 7. The van der Waals surface area contributed by atoms with E-state index in [1.807, 2.05) is 45.0 Å². The maximum Gasteiger partial charge on any atom is 0.253 e. The molecule has 0 bridgehead atoms. The number of carbonyl (C=O) groups is 1. The zero-order valence-corrected chi connectivity index (χ0v) is 20.4. The van der Waals surface area contributed by atoms with Crippen molar-refractivity contribution < 1.29 is 9.00 Å². The Balaban J connectivity index is 1.86. The molecule has 7 heteroatoms. The number of hydrogen-bond donors (Lipinski definition) is 1. The largest absolute Gasteiger partial charge is 0.349 e. The minimum atomic E-state index is -0.951. The van der Waals surface area contributed by atoms with Gasteiger partial charge in [-0.2, -0.15) is 0 Å². The van der Waals surface area contributed by atoms with Gasteiger partial charge >= 0.3 is 0 Å². The van der Waals surface area contributed by atoms with Crippen LogP contribution in [0.25, 0.3) is 0 Å². The van der Waals surface area contributed by atoms with Gasteiger partial charge in [-0.1, -0.05) is 30.7 Å². The van der Waals surface area contributed by atoms with Crippen LogP contribution in [-0.2, 0) is 16.4 Å². The normalized spacial score (nSPS) is 18.4. The molecule has 1 fully saturated rings. The van der Waals surface area contributed by atoms with E-state index in [4.69, 9.17) is 16.6 Å². The molecule has 1 aromatic carbocycles. The number of benzene rings is 1. The van der Waals surface area contributed by atoms with Crippen LogP contribution in [0.4, 0.5) is 0 Å². The van der Waals surface area contributed by atoms with Crippen molar-refractivity contribution in [1.82, 2.24) is 14.6 Å². The highest BCUT2D eigenvalue weighted by Crippen LogP contribution is 2.38. The molecule has 0 saturated carbocycles. The molecule has 1 N–H and O–H groups in total. The van der Waals surface area contributed by atoms with Crippen molar-refractivity contribution in [2.45, 2.75) is 58.4 Å². The topological polar surface area (TPSA) is 62.3 Å². The first-order valence-corrected chi connectivity index (χ1v) is 12.6. The summed E-state index contributed by atoms with van der Waals surface area (Å²) in [6.45, 7) is 9.46. The Labute approximate surface area is 193 Å². The SMILES string of the molecule is CCCS(=O)N1CCC(c2cccc(C)n2)([C@H](C)NC(=O)c2ccc(C)cc2Cl)CC1. The van der Waals surface area contributed by atoms with E-state index in [9.17, 15) is 9.00 Å². The number of amides is 1. The van der Waals surface area contributed by atoms with E-state index in [-0.39, 0.29) is 17.4 Å². The van der Waals surface area contributed by atoms with E-state index < -0.39 is 11.0 Å². The van der Waals surface area contributed by atoms with E-state index in [0.29, 0.717) is 29.4 Å². The molecule has 0 radical (unpaired) electrons. The summed E-state index contributed by atoms with van der Waals surface area (Å²) in [6.07, 6.45) is 2.46. The zero-order valence-electron chi connectivity index (χ0n) is 18.8. The summed E-state index contributed by atoms with van der Waals surface area (Å²) in [4.78, 5) is 17.9. The number of halogens is 1. The van der Waals surface area contributed by atoms with Gasteiger partial charge in [-0.3, -0.25) is 9.78 Å². The Morgan fingerprint density at radius 3 is 2.58 bits per heavy atom. The number of nitrogens with one attached hydrogen (secondary N) is 1. The number of nitrogens with zero attached hydrogens (tertiary/aromatic N) is 2. The van der Waals surface area contributed by atoms with Gasteiger partial charge in [0.15, 0.2) is 0 Å². The minimum Gasteiger partial charge on any atom is -0.349 e. The van der Waals surface area contributed by atoms with E-state index >= 15 is 0 Å². The van der Waals surface area contributed by atoms with Gasteiger partial charge in [0.25, 0.3) is 5.91 Å². The Morgan fingerprint density at radius 1 is 1.26 bits per heavy atom. The van der Waals surface area contributed by atoms with Gasteiger partial charge in [-0.05, 0) is 69.9 Å². The summed E-state index contributed by atoms with van der Waals surface area (Å²) < 4.78 is 14.6. The van der Waals surface area contributed by atoms with Crippen molar-refractivity contribution in [2.75, 3.05) is 18.8 Å². The van der Waals surface area contributed by atoms with Crippen molar-refractivity contribution in [2.24, 2.45) is 0 Å². The second kappa shape index (κ2) is 10.2. The molecule has 1 unspecified atom stereocenters. The van der Waals surface area contributed by atoms with E-state index in [1.165, 1.54) is 0 Å². The molecule has 5 nitrogen and oxygen atoms in total. The molecular weight excluding hydrogens is 430 g/mol. The lowest BCUT2D eigenvalue weighted by atomic mass is 9.70. The van der Waals surface area contributed by atoms with Crippen molar-refractivity contribution >= 4 is 28.5 Å². The first-order chi connectivity index (χ1) is 14.8. The number of hydrogen-bond acceptors (Lipinski definition) is 3. The van der Waals surface area contributed by atoms with Crippen LogP contribution in [0.2, 0.25) is 5.02 Å². The first-order valence-electron chi connectivity index (χ1n) is 10.9. The van der Waals surface area contributed by atoms with E-state index in [1.54, 1.807) is 12.1 Å². The number of carbonyl (C=O) groups excluding carboxylic acids is 1. The van der Waals surface area contributed by atoms with Crippen LogP contribution in [0, 0.1) is 13.8 Å². The predicted octanol–water partition coefficient (Wildman–Crippen LogP) is 4.58. The maximum absolute atomic E-state index is 13.1. The monoisotopic (exact) mass is 461 g/mol. The van der Waals surface area contributed by atoms with Crippen molar-refractivity contribution in [3.05, 3.63) is 63.9 Å². The average molecular weight is 462 g/mol. The molecule has 168 valence electrons. The summed E-state index contributed by atoms with van der Waals surface area (Å²) >= 11 is 6.34. The average Bonchev–Trinajstić information content (AvgIpc) is 2.73. The summed E-state index contributed by atoms with van der Waals surface area (Å²) in [6, 6.07) is 11.4. The fourth-order valence-electron chi connectivity index (χ4n) is 4.34. The summed E-state index contributed by atoms with van der Waals surface area (Å²) in [5.41, 5.74) is 3.10. The maximum atomic E-state index is 13.1. The smallest absolute Gasteiger partial charge is 0.253 e. The Bertz CT molecular complexity index is 958. The second-order valence-corrected chi connectivity index (χ2v) is 10.4. The lowest BCUT2D eigenvalue weighted by molar-refractivity contribution is 0.0894. The quantitative estimate of drug-likeness (QED) is 0.656. The minimum absolute atomic E-state index is 0.159. The van der Waals surface area contributed by atoms with E-state index in [2.05, 4.69) is 16.5 Å². The standard InChI is InChI=1S/C24H32ClN3O2S/c1-5-15-31(30)28-13-11-24(12-14-28,22-8-6-7-18(3)26-22)19(4)27-23(29)20-10-9-17(2)16-21(20)25/h6-10,16,19H,5,11-15H2,1-4H3,(H,27,29)/t19-,31?/m0/s1. The molecule has 2 aromatic rings. The van der Waals surface area contributed by atoms with Crippen LogP contribution in [0.5, 0.6) is 0 Å². The van der Waals surface area contributed by atoms with E-state index in [0.717, 1.165) is 36.2 Å². The van der Waals surface area contributed by atoms with Gasteiger partial charge in [0.1, 0.15) is 0 Å². The summed E-state index contributed by atoms with van der Waals surface area (Å²) in [5, 5.41) is 3.65. The molecular formula is C24H32ClN3O2S. The molecule has 1 amide bonds. The van der Waals surface area contributed by atoms with Crippen molar-refractivity contribution in [1.29, 1.82) is 0 Å². The first kappa shape index (κ1) is 23.9. The zero-order chi connectivity index (χ0) is 22.6. The number of aryl methyl sites for hydroxylation is 2. The number of piperidine rings is 1. The van der Waals surface area contributed by atoms with Gasteiger partial charge in [-0.25, -0.2) is 8.51 Å². The van der Waals surface area contributed by atoms with Crippen LogP contribution < -0.4 is 5.32 Å². The second-order valence-electron chi connectivity index (χ2n) is 8.45. The fraction of sp³-hybridized carbons (Fsp3) is 0.500. The number of pyridine rings is 1. The third-order valence-corrected chi connectivity index (χ3v) is 8.24. The fourth-order valence-corrected chi connectivity index (χ4v) is 5.86. The molecule has 0 aliphatic carbocycles. The highest BCUT2D eigenvalue weighted by molar-refractivity contribution is 7.82. The Morgan fingerprint density at radius 2 is 1.97 bits per heavy atom. The highest BCUT2D eigenvalue weighted by atomic mass is 35.5. The van der Waals surface area contributed by atoms with Gasteiger partial charge in [-0.15, -0.1) is 0 Å². The Hall–Kier alpha value is -1.76. The van der Waals surface area contributed by atoms with Crippen LogP contribution >= 0.6 is 11.6 Å². The van der Waals surface area contributed by atoms with Crippen molar-refractivity contribution in [3.8, 4) is 0 Å². The van der Waals surface area contributed by atoms with Crippen LogP contribution in [0.3, 0.4) is 0 Å². The van der Waals surface area contributed by atoms with Crippen LogP contribution in [0.15, 0.2) is 36.4 Å². The molecule has 2 heterocycles. The lowest BCUT2D eigenvalue weighted by Gasteiger charge is -2.45. The van der Waals surface area contributed by atoms with Crippen LogP contribution in [-0.4, -0.2) is 44.3 Å². The highest BCUT2D eigenvalue weighted by Gasteiger charge is 2.43. The van der Waals surface area contributed by atoms with Gasteiger partial charge in [0.05, 0.1) is 21.6 Å². The summed E-state index contributed by atoms with van der Waals surface area (Å²) in [7, 11) is -0.951. The third kappa shape index (κ3) is 5.36. The van der Waals surface area contributed by atoms with Gasteiger partial charge < -0.3 is 5.32 Å². The summed E-state index contributed by atoms with van der Waals surface area (Å²) in [5.74, 6) is 0.509. The third-order valence-electron chi connectivity index (χ3n) is 6.23. The molecule has 3 rings (SSSR count). The molecule has 1 saturated heterocycles. The molecule has 1 aliphatic heterocycles. The van der Waals surface area contributed by atoms with Crippen molar-refractivity contribution in [3.63, 3.8) is 0 Å². The molecule has 1 aliphatic rings. The lowest BCUT2D eigenvalue weighted by Crippen LogP contribution is -2.55. The molecule has 1 aromatic heterocycles. The molecule has 31 heavy (non-hydrogen) atoms.